The lowest BCUT2D eigenvalue weighted by atomic mass is 10.0. The van der Waals surface area contributed by atoms with E-state index in [0.29, 0.717) is 5.69 Å². The molecule has 0 aliphatic heterocycles. The number of benzene rings is 2. The van der Waals surface area contributed by atoms with Gasteiger partial charge in [0, 0.05) is 5.69 Å². The molecule has 0 heterocycles. The van der Waals surface area contributed by atoms with E-state index in [2.05, 4.69) is 5.32 Å². The average Bonchev–Trinajstić information content (AvgIpc) is 2.44. The highest BCUT2D eigenvalue weighted by Gasteiger charge is 2.30. The Hall–Kier alpha value is -2.60. The number of nitrogen functional groups attached to an aromatic ring is 1. The van der Waals surface area contributed by atoms with E-state index >= 15 is 0 Å². The van der Waals surface area contributed by atoms with Gasteiger partial charge in [-0.25, -0.2) is 4.79 Å². The van der Waals surface area contributed by atoms with Crippen LogP contribution in [0.5, 0.6) is 0 Å². The standard InChI is InChI=1S/C15H16N2O4/c1-15(21,14(19)20)8-17-13(18)11-6-9-4-2-3-5-10(9)7-12(11)16/h2-7,21H,8,16H2,1H3,(H,17,18)(H,19,20). The van der Waals surface area contributed by atoms with Crippen LogP contribution < -0.4 is 11.1 Å². The van der Waals surface area contributed by atoms with Crippen molar-refractivity contribution in [2.24, 2.45) is 0 Å². The van der Waals surface area contributed by atoms with Crippen molar-refractivity contribution in [2.45, 2.75) is 12.5 Å². The van der Waals surface area contributed by atoms with Gasteiger partial charge < -0.3 is 21.3 Å². The summed E-state index contributed by atoms with van der Waals surface area (Å²) in [5.41, 5.74) is 4.36. The molecule has 2 rings (SSSR count). The smallest absolute Gasteiger partial charge is 0.337 e. The molecule has 2 aromatic rings. The van der Waals surface area contributed by atoms with Crippen LogP contribution in [0.15, 0.2) is 36.4 Å². The Balaban J connectivity index is 2.23. The Morgan fingerprint density at radius 2 is 1.81 bits per heavy atom. The van der Waals surface area contributed by atoms with Crippen LogP contribution in [0.25, 0.3) is 10.8 Å². The molecule has 0 aromatic heterocycles. The zero-order valence-electron chi connectivity index (χ0n) is 11.5. The molecule has 0 spiro atoms. The third-order valence-electron chi connectivity index (χ3n) is 3.22. The summed E-state index contributed by atoms with van der Waals surface area (Å²) in [6, 6.07) is 10.7. The van der Waals surface area contributed by atoms with Crippen LogP contribution in [-0.4, -0.2) is 34.2 Å². The van der Waals surface area contributed by atoms with Crippen LogP contribution >= 0.6 is 0 Å². The number of aliphatic carboxylic acids is 1. The molecule has 1 atom stereocenters. The van der Waals surface area contributed by atoms with Crippen LogP contribution in [0.4, 0.5) is 5.69 Å². The minimum Gasteiger partial charge on any atom is -0.479 e. The zero-order chi connectivity index (χ0) is 15.6. The van der Waals surface area contributed by atoms with Crippen molar-refractivity contribution in [3.63, 3.8) is 0 Å². The second-order valence-corrected chi connectivity index (χ2v) is 5.05. The molecule has 0 saturated carbocycles. The highest BCUT2D eigenvalue weighted by Crippen LogP contribution is 2.21. The van der Waals surface area contributed by atoms with E-state index in [0.717, 1.165) is 17.7 Å². The molecule has 0 fully saturated rings. The number of carboxylic acid groups (broad SMARTS) is 1. The number of nitrogens with two attached hydrogens (primary N) is 1. The summed E-state index contributed by atoms with van der Waals surface area (Å²) in [5, 5.41) is 22.5. The summed E-state index contributed by atoms with van der Waals surface area (Å²) in [6.45, 7) is 0.701. The van der Waals surface area contributed by atoms with E-state index < -0.39 is 24.0 Å². The summed E-state index contributed by atoms with van der Waals surface area (Å²) in [7, 11) is 0. The van der Waals surface area contributed by atoms with Gasteiger partial charge in [0.15, 0.2) is 5.60 Å². The molecule has 0 bridgehead atoms. The van der Waals surface area contributed by atoms with E-state index in [1.165, 1.54) is 0 Å². The number of aliphatic hydroxyl groups is 1. The highest BCUT2D eigenvalue weighted by molar-refractivity contribution is 6.04. The summed E-state index contributed by atoms with van der Waals surface area (Å²) >= 11 is 0. The second-order valence-electron chi connectivity index (χ2n) is 5.05. The Labute approximate surface area is 121 Å². The van der Waals surface area contributed by atoms with Crippen LogP contribution in [0.3, 0.4) is 0 Å². The van der Waals surface area contributed by atoms with Gasteiger partial charge in [0.05, 0.1) is 12.1 Å². The molecule has 2 aromatic carbocycles. The van der Waals surface area contributed by atoms with E-state index in [1.54, 1.807) is 12.1 Å². The number of carboxylic acids is 1. The molecule has 1 unspecified atom stereocenters. The number of hydrogen-bond donors (Lipinski definition) is 4. The van der Waals surface area contributed by atoms with Gasteiger partial charge >= 0.3 is 5.97 Å². The zero-order valence-corrected chi connectivity index (χ0v) is 11.5. The number of anilines is 1. The predicted molar refractivity (Wildman–Crippen MR) is 79.0 cm³/mol. The van der Waals surface area contributed by atoms with E-state index in [9.17, 15) is 14.7 Å². The Kier molecular flexibility index (Phi) is 3.82. The third kappa shape index (κ3) is 3.11. The van der Waals surface area contributed by atoms with E-state index in [1.807, 2.05) is 24.3 Å². The number of hydrogen-bond acceptors (Lipinski definition) is 4. The van der Waals surface area contributed by atoms with Crippen LogP contribution in [0.2, 0.25) is 0 Å². The van der Waals surface area contributed by atoms with Crippen molar-refractivity contribution in [1.82, 2.24) is 5.32 Å². The van der Waals surface area contributed by atoms with Gasteiger partial charge in [0.1, 0.15) is 0 Å². The minimum atomic E-state index is -2.03. The molecule has 0 aliphatic carbocycles. The monoisotopic (exact) mass is 288 g/mol. The topological polar surface area (TPSA) is 113 Å². The summed E-state index contributed by atoms with van der Waals surface area (Å²) in [5.74, 6) is -1.94. The highest BCUT2D eigenvalue weighted by atomic mass is 16.4. The lowest BCUT2D eigenvalue weighted by Crippen LogP contribution is -2.46. The maximum absolute atomic E-state index is 12.1. The van der Waals surface area contributed by atoms with Gasteiger partial charge in [0.25, 0.3) is 5.91 Å². The van der Waals surface area contributed by atoms with Gasteiger partial charge in [-0.2, -0.15) is 0 Å². The minimum absolute atomic E-state index is 0.245. The SMILES string of the molecule is CC(O)(CNC(=O)c1cc2ccccc2cc1N)C(=O)O. The summed E-state index contributed by atoms with van der Waals surface area (Å²) < 4.78 is 0. The Morgan fingerprint density at radius 1 is 1.24 bits per heavy atom. The number of amides is 1. The molecule has 6 nitrogen and oxygen atoms in total. The average molecular weight is 288 g/mol. The number of fused-ring (bicyclic) bond motifs is 1. The van der Waals surface area contributed by atoms with Gasteiger partial charge in [0.2, 0.25) is 0 Å². The molecular formula is C15H16N2O4. The Morgan fingerprint density at radius 3 is 2.38 bits per heavy atom. The van der Waals surface area contributed by atoms with Crippen molar-refractivity contribution in [3.8, 4) is 0 Å². The first-order valence-electron chi connectivity index (χ1n) is 6.33. The summed E-state index contributed by atoms with van der Waals surface area (Å²) in [4.78, 5) is 22.9. The van der Waals surface area contributed by atoms with Crippen LogP contribution in [0.1, 0.15) is 17.3 Å². The fraction of sp³-hybridized carbons (Fsp3) is 0.200. The van der Waals surface area contributed by atoms with Gasteiger partial charge in [-0.05, 0) is 29.8 Å². The predicted octanol–water partition coefficient (Wildman–Crippen LogP) is 0.987. The second kappa shape index (κ2) is 5.41. The lowest BCUT2D eigenvalue weighted by Gasteiger charge is -2.18. The quantitative estimate of drug-likeness (QED) is 0.627. The maximum atomic E-state index is 12.1. The van der Waals surface area contributed by atoms with Crippen LogP contribution in [-0.2, 0) is 4.79 Å². The van der Waals surface area contributed by atoms with Crippen LogP contribution in [0, 0.1) is 0 Å². The number of carbonyl (C=O) groups is 2. The van der Waals surface area contributed by atoms with Crippen molar-refractivity contribution in [2.75, 3.05) is 12.3 Å². The normalized spacial score (nSPS) is 13.6. The van der Waals surface area contributed by atoms with Crippen molar-refractivity contribution >= 4 is 28.3 Å². The molecule has 0 saturated heterocycles. The van der Waals surface area contributed by atoms with E-state index in [-0.39, 0.29) is 5.56 Å². The number of carbonyl (C=O) groups excluding carboxylic acids is 1. The first kappa shape index (κ1) is 14.8. The molecule has 1 amide bonds. The third-order valence-corrected chi connectivity index (χ3v) is 3.22. The summed E-state index contributed by atoms with van der Waals surface area (Å²) in [6.07, 6.45) is 0. The fourth-order valence-electron chi connectivity index (χ4n) is 1.88. The number of rotatable bonds is 4. The molecule has 6 heteroatoms. The van der Waals surface area contributed by atoms with Crippen molar-refractivity contribution in [3.05, 3.63) is 42.0 Å². The first-order chi connectivity index (χ1) is 9.81. The van der Waals surface area contributed by atoms with Crippen molar-refractivity contribution < 1.29 is 19.8 Å². The molecule has 110 valence electrons. The largest absolute Gasteiger partial charge is 0.479 e. The van der Waals surface area contributed by atoms with Gasteiger partial charge in [-0.15, -0.1) is 0 Å². The van der Waals surface area contributed by atoms with Gasteiger partial charge in [-0.3, -0.25) is 4.79 Å². The molecular weight excluding hydrogens is 272 g/mol. The molecule has 5 N–H and O–H groups in total. The van der Waals surface area contributed by atoms with Gasteiger partial charge in [-0.1, -0.05) is 24.3 Å². The number of nitrogens with one attached hydrogen (secondary N) is 1. The maximum Gasteiger partial charge on any atom is 0.337 e. The first-order valence-corrected chi connectivity index (χ1v) is 6.33. The lowest BCUT2D eigenvalue weighted by molar-refractivity contribution is -0.155. The van der Waals surface area contributed by atoms with E-state index in [4.69, 9.17) is 10.8 Å². The Bertz CT molecular complexity index is 710. The van der Waals surface area contributed by atoms with Crippen molar-refractivity contribution in [1.29, 1.82) is 0 Å². The molecule has 0 radical (unpaired) electrons. The fourth-order valence-corrected chi connectivity index (χ4v) is 1.88. The molecule has 0 aliphatic rings. The molecule has 21 heavy (non-hydrogen) atoms.